The van der Waals surface area contributed by atoms with Gasteiger partial charge >= 0.3 is 6.09 Å². The van der Waals surface area contributed by atoms with Crippen LogP contribution in [0.4, 0.5) is 16.2 Å². The monoisotopic (exact) mass is 472 g/mol. The van der Waals surface area contributed by atoms with Crippen LogP contribution in [0.5, 0.6) is 0 Å². The van der Waals surface area contributed by atoms with Crippen molar-refractivity contribution in [1.29, 1.82) is 0 Å². The highest BCUT2D eigenvalue weighted by atomic mass is 35.5. The quantitative estimate of drug-likeness (QED) is 0.645. The zero-order valence-corrected chi connectivity index (χ0v) is 20.9. The summed E-state index contributed by atoms with van der Waals surface area (Å²) in [7, 11) is 1.87. The van der Waals surface area contributed by atoms with E-state index in [-0.39, 0.29) is 18.1 Å². The van der Waals surface area contributed by atoms with Crippen molar-refractivity contribution >= 4 is 35.0 Å². The molecule has 1 unspecified atom stereocenters. The van der Waals surface area contributed by atoms with Gasteiger partial charge in [0.05, 0.1) is 29.3 Å². The molecular formula is C25H33ClN4O3. The largest absolute Gasteiger partial charge is 0.444 e. The van der Waals surface area contributed by atoms with Gasteiger partial charge in [-0.25, -0.2) is 4.79 Å². The molecule has 0 fully saturated rings. The maximum absolute atomic E-state index is 13.7. The first-order chi connectivity index (χ1) is 15.4. The van der Waals surface area contributed by atoms with Gasteiger partial charge in [-0.1, -0.05) is 29.8 Å². The topological polar surface area (TPSA) is 79.1 Å². The lowest BCUT2D eigenvalue weighted by Crippen LogP contribution is -2.46. The minimum Gasteiger partial charge on any atom is -0.444 e. The van der Waals surface area contributed by atoms with Crippen LogP contribution in [0.1, 0.15) is 50.5 Å². The summed E-state index contributed by atoms with van der Waals surface area (Å²) in [5.74, 6) is -0.222. The molecule has 0 radical (unpaired) electrons. The van der Waals surface area contributed by atoms with Gasteiger partial charge in [-0.2, -0.15) is 0 Å². The number of anilines is 2. The lowest BCUT2D eigenvalue weighted by molar-refractivity contribution is 0.0167. The predicted molar refractivity (Wildman–Crippen MR) is 133 cm³/mol. The molecule has 8 heteroatoms. The minimum absolute atomic E-state index is 0.195. The Morgan fingerprint density at radius 3 is 2.48 bits per heavy atom. The fourth-order valence-corrected chi connectivity index (χ4v) is 4.00. The summed E-state index contributed by atoms with van der Waals surface area (Å²) in [6.45, 7) is 9.97. The van der Waals surface area contributed by atoms with Crippen molar-refractivity contribution in [2.24, 2.45) is 5.73 Å². The number of carbonyl (C=O) groups excluding carboxylic acids is 2. The molecule has 1 heterocycles. The van der Waals surface area contributed by atoms with Crippen LogP contribution in [-0.2, 0) is 11.3 Å². The summed E-state index contributed by atoms with van der Waals surface area (Å²) in [6, 6.07) is 12.6. The first kappa shape index (κ1) is 24.9. The molecule has 1 aliphatic heterocycles. The van der Waals surface area contributed by atoms with E-state index in [0.29, 0.717) is 23.7 Å². The zero-order chi connectivity index (χ0) is 24.5. The number of benzene rings is 2. The van der Waals surface area contributed by atoms with Crippen molar-refractivity contribution in [1.82, 2.24) is 4.90 Å². The Morgan fingerprint density at radius 2 is 1.88 bits per heavy atom. The smallest absolute Gasteiger partial charge is 0.410 e. The van der Waals surface area contributed by atoms with Crippen LogP contribution in [0.2, 0.25) is 5.02 Å². The van der Waals surface area contributed by atoms with Crippen LogP contribution in [0.15, 0.2) is 42.5 Å². The zero-order valence-electron chi connectivity index (χ0n) is 20.1. The molecule has 2 amide bonds. The standard InChI is InChI=1S/C25H33ClN4O3/c1-16-14-30(23(31)20-12-11-19(13-21(20)26)28(6)17(2)27)22-10-8-7-9-18(22)15-29(16)24(32)33-25(3,4)5/h7-13,16-17H,14-15,27H2,1-6H3/t16-,17?/m0/s1. The summed E-state index contributed by atoms with van der Waals surface area (Å²) in [6.07, 6.45) is -0.597. The average molecular weight is 473 g/mol. The van der Waals surface area contributed by atoms with Crippen molar-refractivity contribution in [3.05, 3.63) is 58.6 Å². The summed E-state index contributed by atoms with van der Waals surface area (Å²) >= 11 is 6.55. The lowest BCUT2D eigenvalue weighted by atomic mass is 10.1. The Balaban J connectivity index is 1.95. The van der Waals surface area contributed by atoms with Gasteiger partial charge in [0.1, 0.15) is 5.60 Å². The van der Waals surface area contributed by atoms with Crippen molar-refractivity contribution in [3.63, 3.8) is 0 Å². The number of hydrogen-bond donors (Lipinski definition) is 1. The molecule has 0 aromatic heterocycles. The van der Waals surface area contributed by atoms with E-state index in [2.05, 4.69) is 0 Å². The Morgan fingerprint density at radius 1 is 1.21 bits per heavy atom. The number of hydrogen-bond acceptors (Lipinski definition) is 5. The first-order valence-electron chi connectivity index (χ1n) is 11.1. The Labute approximate surface area is 201 Å². The molecule has 2 aromatic rings. The van der Waals surface area contributed by atoms with E-state index in [4.69, 9.17) is 22.1 Å². The summed E-state index contributed by atoms with van der Waals surface area (Å²) in [4.78, 5) is 31.8. The third-order valence-electron chi connectivity index (χ3n) is 5.68. The number of fused-ring (bicyclic) bond motifs is 1. The molecule has 0 spiro atoms. The van der Waals surface area contributed by atoms with E-state index < -0.39 is 11.7 Å². The molecule has 2 N–H and O–H groups in total. The van der Waals surface area contributed by atoms with Crippen LogP contribution < -0.4 is 15.5 Å². The van der Waals surface area contributed by atoms with Crippen LogP contribution in [-0.4, -0.2) is 48.3 Å². The Kier molecular flexibility index (Phi) is 7.24. The second kappa shape index (κ2) is 9.61. The second-order valence-corrected chi connectivity index (χ2v) is 9.92. The molecule has 3 rings (SSSR count). The number of ether oxygens (including phenoxy) is 1. The molecule has 178 valence electrons. The van der Waals surface area contributed by atoms with Crippen LogP contribution >= 0.6 is 11.6 Å². The van der Waals surface area contributed by atoms with Crippen molar-refractivity contribution in [3.8, 4) is 0 Å². The fraction of sp³-hybridized carbons (Fsp3) is 0.440. The third kappa shape index (κ3) is 5.60. The van der Waals surface area contributed by atoms with Gasteiger partial charge in [0.15, 0.2) is 0 Å². The van der Waals surface area contributed by atoms with E-state index >= 15 is 0 Å². The maximum Gasteiger partial charge on any atom is 0.410 e. The average Bonchev–Trinajstić information content (AvgIpc) is 2.88. The maximum atomic E-state index is 13.7. The Hall–Kier alpha value is -2.77. The van der Waals surface area contributed by atoms with E-state index in [1.54, 1.807) is 21.9 Å². The van der Waals surface area contributed by atoms with Gasteiger partial charge in [0, 0.05) is 25.0 Å². The summed E-state index contributed by atoms with van der Waals surface area (Å²) in [5.41, 5.74) is 8.19. The van der Waals surface area contributed by atoms with Gasteiger partial charge in [-0.3, -0.25) is 9.69 Å². The van der Waals surface area contributed by atoms with Crippen molar-refractivity contribution in [2.75, 3.05) is 23.4 Å². The van der Waals surface area contributed by atoms with Crippen LogP contribution in [0, 0.1) is 0 Å². The minimum atomic E-state index is -0.610. The molecule has 2 atom stereocenters. The SMILES string of the molecule is CC(N)N(C)c1ccc(C(=O)N2C[C@H](C)N(C(=O)OC(C)(C)C)Cc3ccccc32)c(Cl)c1. The lowest BCUT2D eigenvalue weighted by Gasteiger charge is -2.31. The van der Waals surface area contributed by atoms with Gasteiger partial charge in [-0.05, 0) is 64.4 Å². The van der Waals surface area contributed by atoms with E-state index in [1.807, 2.05) is 76.9 Å². The van der Waals surface area contributed by atoms with Gasteiger partial charge in [0.2, 0.25) is 0 Å². The molecule has 0 saturated carbocycles. The molecule has 0 saturated heterocycles. The highest BCUT2D eigenvalue weighted by Crippen LogP contribution is 2.32. The van der Waals surface area contributed by atoms with Crippen molar-refractivity contribution < 1.29 is 14.3 Å². The number of para-hydroxylation sites is 1. The number of halogens is 1. The van der Waals surface area contributed by atoms with E-state index in [0.717, 1.165) is 16.9 Å². The molecule has 0 bridgehead atoms. The summed E-state index contributed by atoms with van der Waals surface area (Å²) < 4.78 is 5.62. The normalized spacial score (nSPS) is 17.2. The van der Waals surface area contributed by atoms with E-state index in [9.17, 15) is 9.59 Å². The van der Waals surface area contributed by atoms with Crippen LogP contribution in [0.25, 0.3) is 0 Å². The number of rotatable bonds is 3. The Bertz CT molecular complexity index is 1030. The van der Waals surface area contributed by atoms with Gasteiger partial charge in [-0.15, -0.1) is 0 Å². The van der Waals surface area contributed by atoms with E-state index in [1.165, 1.54) is 0 Å². The molecule has 7 nitrogen and oxygen atoms in total. The first-order valence-corrected chi connectivity index (χ1v) is 11.4. The number of amides is 2. The molecule has 1 aliphatic rings. The van der Waals surface area contributed by atoms with Crippen molar-refractivity contribution in [2.45, 2.75) is 59.0 Å². The predicted octanol–water partition coefficient (Wildman–Crippen LogP) is 4.87. The molecule has 0 aliphatic carbocycles. The number of carbonyl (C=O) groups is 2. The third-order valence-corrected chi connectivity index (χ3v) is 5.99. The second-order valence-electron chi connectivity index (χ2n) is 9.52. The summed E-state index contributed by atoms with van der Waals surface area (Å²) in [5, 5.41) is 0.350. The van der Waals surface area contributed by atoms with Gasteiger partial charge in [0.25, 0.3) is 5.91 Å². The number of nitrogens with zero attached hydrogens (tertiary/aromatic N) is 3. The highest BCUT2D eigenvalue weighted by molar-refractivity contribution is 6.34. The molecular weight excluding hydrogens is 440 g/mol. The van der Waals surface area contributed by atoms with Gasteiger partial charge < -0.3 is 20.3 Å². The highest BCUT2D eigenvalue weighted by Gasteiger charge is 2.34. The fourth-order valence-electron chi connectivity index (χ4n) is 3.74. The number of nitrogens with two attached hydrogens (primary N) is 1. The molecule has 33 heavy (non-hydrogen) atoms. The van der Waals surface area contributed by atoms with Crippen LogP contribution in [0.3, 0.4) is 0 Å². The molecule has 2 aromatic carbocycles.